The third-order valence-corrected chi connectivity index (χ3v) is 4.77. The molecule has 0 aromatic carbocycles. The molecule has 0 amide bonds. The summed E-state index contributed by atoms with van der Waals surface area (Å²) in [4.78, 5) is 1.50. The summed E-state index contributed by atoms with van der Waals surface area (Å²) >= 11 is 7.87. The van der Waals surface area contributed by atoms with Crippen LogP contribution >= 0.6 is 22.9 Å². The molecule has 1 unspecified atom stereocenters. The van der Waals surface area contributed by atoms with Crippen LogP contribution < -0.4 is 5.32 Å². The molecule has 0 spiro atoms. The lowest BCUT2D eigenvalue weighted by atomic mass is 9.94. The van der Waals surface area contributed by atoms with E-state index in [2.05, 4.69) is 25.2 Å². The molecule has 1 heterocycles. The molecule has 3 heteroatoms. The second-order valence-electron chi connectivity index (χ2n) is 5.36. The SMILES string of the molecule is CC(C)CCCNC1CCCc2sc(Cl)cc21. The van der Waals surface area contributed by atoms with E-state index in [1.807, 2.05) is 0 Å². The van der Waals surface area contributed by atoms with Crippen molar-refractivity contribution in [1.29, 1.82) is 0 Å². The van der Waals surface area contributed by atoms with Gasteiger partial charge in [0.2, 0.25) is 0 Å². The second kappa shape index (κ2) is 6.21. The van der Waals surface area contributed by atoms with Crippen LogP contribution in [0.25, 0.3) is 0 Å². The lowest BCUT2D eigenvalue weighted by Gasteiger charge is -2.23. The zero-order chi connectivity index (χ0) is 12.3. The van der Waals surface area contributed by atoms with E-state index in [0.29, 0.717) is 6.04 Å². The molecule has 17 heavy (non-hydrogen) atoms. The van der Waals surface area contributed by atoms with Crippen LogP contribution in [0.5, 0.6) is 0 Å². The molecule has 0 bridgehead atoms. The highest BCUT2D eigenvalue weighted by Crippen LogP contribution is 2.37. The largest absolute Gasteiger partial charge is 0.310 e. The molecule has 0 saturated heterocycles. The Balaban J connectivity index is 1.86. The Bertz CT molecular complexity index is 359. The van der Waals surface area contributed by atoms with Crippen molar-refractivity contribution in [2.45, 2.75) is 52.0 Å². The minimum absolute atomic E-state index is 0.551. The molecule has 96 valence electrons. The first-order valence-corrected chi connectivity index (χ1v) is 7.87. The lowest BCUT2D eigenvalue weighted by Crippen LogP contribution is -2.25. The van der Waals surface area contributed by atoms with E-state index in [0.717, 1.165) is 16.8 Å². The van der Waals surface area contributed by atoms with Gasteiger partial charge in [0.25, 0.3) is 0 Å². The molecule has 1 N–H and O–H groups in total. The van der Waals surface area contributed by atoms with Gasteiger partial charge in [0.15, 0.2) is 0 Å². The fraction of sp³-hybridized carbons (Fsp3) is 0.714. The van der Waals surface area contributed by atoms with Crippen LogP contribution in [0.15, 0.2) is 6.07 Å². The maximum atomic E-state index is 6.11. The van der Waals surface area contributed by atoms with Crippen molar-refractivity contribution in [2.24, 2.45) is 5.92 Å². The normalized spacial score (nSPS) is 19.6. The molecule has 1 aromatic heterocycles. The first-order chi connectivity index (χ1) is 8.16. The molecule has 2 rings (SSSR count). The quantitative estimate of drug-likeness (QED) is 0.758. The van der Waals surface area contributed by atoms with Gasteiger partial charge in [-0.25, -0.2) is 0 Å². The maximum absolute atomic E-state index is 6.11. The molecular weight excluding hydrogens is 250 g/mol. The van der Waals surface area contributed by atoms with Crippen molar-refractivity contribution >= 4 is 22.9 Å². The second-order valence-corrected chi connectivity index (χ2v) is 7.13. The highest BCUT2D eigenvalue weighted by atomic mass is 35.5. The number of fused-ring (bicyclic) bond motifs is 1. The zero-order valence-electron chi connectivity index (χ0n) is 10.8. The maximum Gasteiger partial charge on any atom is 0.0934 e. The Morgan fingerprint density at radius 3 is 3.12 bits per heavy atom. The predicted molar refractivity (Wildman–Crippen MR) is 77.1 cm³/mol. The van der Waals surface area contributed by atoms with Crippen molar-refractivity contribution in [3.63, 3.8) is 0 Å². The zero-order valence-corrected chi connectivity index (χ0v) is 12.3. The smallest absolute Gasteiger partial charge is 0.0934 e. The van der Waals surface area contributed by atoms with Gasteiger partial charge in [-0.3, -0.25) is 0 Å². The van der Waals surface area contributed by atoms with Gasteiger partial charge in [0.1, 0.15) is 0 Å². The third-order valence-electron chi connectivity index (χ3n) is 3.43. The molecule has 0 fully saturated rings. The van der Waals surface area contributed by atoms with E-state index in [1.165, 1.54) is 42.5 Å². The molecule has 0 saturated carbocycles. The van der Waals surface area contributed by atoms with E-state index >= 15 is 0 Å². The molecule has 1 aliphatic rings. The summed E-state index contributed by atoms with van der Waals surface area (Å²) in [6.45, 7) is 5.71. The van der Waals surface area contributed by atoms with Crippen molar-refractivity contribution in [1.82, 2.24) is 5.32 Å². The molecule has 0 radical (unpaired) electrons. The van der Waals surface area contributed by atoms with Crippen LogP contribution in [-0.2, 0) is 6.42 Å². The number of rotatable bonds is 5. The minimum Gasteiger partial charge on any atom is -0.310 e. The Kier molecular flexibility index (Phi) is 4.89. The number of thiophene rings is 1. The van der Waals surface area contributed by atoms with Gasteiger partial charge in [0.05, 0.1) is 4.34 Å². The monoisotopic (exact) mass is 271 g/mol. The van der Waals surface area contributed by atoms with Crippen molar-refractivity contribution in [2.75, 3.05) is 6.54 Å². The van der Waals surface area contributed by atoms with Crippen LogP contribution in [0.2, 0.25) is 4.34 Å². The summed E-state index contributed by atoms with van der Waals surface area (Å²) in [5.74, 6) is 0.814. The van der Waals surface area contributed by atoms with E-state index < -0.39 is 0 Å². The summed E-state index contributed by atoms with van der Waals surface area (Å²) < 4.78 is 0.950. The van der Waals surface area contributed by atoms with Gasteiger partial charge in [0, 0.05) is 10.9 Å². The fourth-order valence-corrected chi connectivity index (χ4v) is 3.90. The van der Waals surface area contributed by atoms with Gasteiger partial charge in [-0.05, 0) is 56.2 Å². The van der Waals surface area contributed by atoms with Gasteiger partial charge in [-0.2, -0.15) is 0 Å². The molecule has 1 nitrogen and oxygen atoms in total. The third kappa shape index (κ3) is 3.70. The van der Waals surface area contributed by atoms with E-state index in [1.54, 1.807) is 11.3 Å². The van der Waals surface area contributed by atoms with E-state index in [-0.39, 0.29) is 0 Å². The van der Waals surface area contributed by atoms with Crippen LogP contribution in [0.1, 0.15) is 56.0 Å². The van der Waals surface area contributed by atoms with Crippen molar-refractivity contribution in [3.05, 3.63) is 20.8 Å². The average molecular weight is 272 g/mol. The van der Waals surface area contributed by atoms with Crippen LogP contribution in [0, 0.1) is 5.92 Å². The first kappa shape index (κ1) is 13.4. The first-order valence-electron chi connectivity index (χ1n) is 6.68. The number of nitrogens with one attached hydrogen (secondary N) is 1. The van der Waals surface area contributed by atoms with Crippen LogP contribution in [0.4, 0.5) is 0 Å². The summed E-state index contributed by atoms with van der Waals surface area (Å²) in [6.07, 6.45) is 6.38. The highest BCUT2D eigenvalue weighted by molar-refractivity contribution is 7.16. The fourth-order valence-electron chi connectivity index (χ4n) is 2.52. The highest BCUT2D eigenvalue weighted by Gasteiger charge is 2.21. The molecule has 1 aliphatic carbocycles. The molecule has 1 aromatic rings. The van der Waals surface area contributed by atoms with Gasteiger partial charge >= 0.3 is 0 Å². The summed E-state index contributed by atoms with van der Waals surface area (Å²) in [6, 6.07) is 2.72. The molecule has 1 atom stereocenters. The molecule has 0 aliphatic heterocycles. The van der Waals surface area contributed by atoms with E-state index in [4.69, 9.17) is 11.6 Å². The van der Waals surface area contributed by atoms with E-state index in [9.17, 15) is 0 Å². The van der Waals surface area contributed by atoms with Gasteiger partial charge in [-0.1, -0.05) is 25.4 Å². The average Bonchev–Trinajstić information content (AvgIpc) is 2.65. The summed E-state index contributed by atoms with van der Waals surface area (Å²) in [7, 11) is 0. The Hall–Kier alpha value is -0.0500. The summed E-state index contributed by atoms with van der Waals surface area (Å²) in [5, 5.41) is 3.69. The number of aryl methyl sites for hydroxylation is 1. The van der Waals surface area contributed by atoms with Crippen molar-refractivity contribution in [3.8, 4) is 0 Å². The Morgan fingerprint density at radius 1 is 1.53 bits per heavy atom. The Morgan fingerprint density at radius 2 is 2.35 bits per heavy atom. The molecular formula is C14H22ClNS. The summed E-state index contributed by atoms with van der Waals surface area (Å²) in [5.41, 5.74) is 1.47. The van der Waals surface area contributed by atoms with Crippen LogP contribution in [0.3, 0.4) is 0 Å². The minimum atomic E-state index is 0.551. The topological polar surface area (TPSA) is 12.0 Å². The predicted octanol–water partition coefficient (Wildman–Crippen LogP) is 4.80. The number of hydrogen-bond donors (Lipinski definition) is 1. The lowest BCUT2D eigenvalue weighted by molar-refractivity contribution is 0.441. The number of hydrogen-bond acceptors (Lipinski definition) is 2. The number of halogens is 1. The van der Waals surface area contributed by atoms with Gasteiger partial charge in [-0.15, -0.1) is 11.3 Å². The standard InChI is InChI=1S/C14H22ClNS/c1-10(2)5-4-8-16-12-6-3-7-13-11(12)9-14(15)17-13/h9-10,12,16H,3-8H2,1-2H3. The van der Waals surface area contributed by atoms with Crippen molar-refractivity contribution < 1.29 is 0 Å². The van der Waals surface area contributed by atoms with Gasteiger partial charge < -0.3 is 5.32 Å². The van der Waals surface area contributed by atoms with Crippen LogP contribution in [-0.4, -0.2) is 6.54 Å². The Labute approximate surface area is 114 Å².